The maximum atomic E-state index is 11.7. The van der Waals surface area contributed by atoms with E-state index in [4.69, 9.17) is 9.84 Å². The summed E-state index contributed by atoms with van der Waals surface area (Å²) in [6.07, 6.45) is 0.290. The van der Waals surface area contributed by atoms with Crippen LogP contribution < -0.4 is 15.4 Å². The average molecular weight is 266 g/mol. The number of carboxylic acids is 1. The van der Waals surface area contributed by atoms with Gasteiger partial charge in [0.25, 0.3) is 0 Å². The number of aliphatic carboxylic acids is 1. The Labute approximate surface area is 111 Å². The van der Waals surface area contributed by atoms with E-state index in [9.17, 15) is 9.59 Å². The van der Waals surface area contributed by atoms with E-state index in [1.807, 2.05) is 0 Å². The van der Waals surface area contributed by atoms with Crippen molar-refractivity contribution >= 4 is 17.7 Å². The second kappa shape index (κ2) is 6.08. The number of ether oxygens (including phenoxy) is 1. The van der Waals surface area contributed by atoms with Gasteiger partial charge in [-0.1, -0.05) is 6.92 Å². The van der Waals surface area contributed by atoms with E-state index in [0.29, 0.717) is 17.9 Å². The van der Waals surface area contributed by atoms with Gasteiger partial charge in [-0.2, -0.15) is 0 Å². The number of carboxylic acid groups (broad SMARTS) is 1. The van der Waals surface area contributed by atoms with Gasteiger partial charge in [0.15, 0.2) is 0 Å². The molecular formula is C13H18N2O4. The summed E-state index contributed by atoms with van der Waals surface area (Å²) in [5, 5.41) is 14.1. The van der Waals surface area contributed by atoms with Crippen molar-refractivity contribution in [2.45, 2.75) is 25.8 Å². The smallest absolute Gasteiger partial charge is 0.329 e. The largest absolute Gasteiger partial charge is 0.497 e. The van der Waals surface area contributed by atoms with Crippen LogP contribution in [0, 0.1) is 0 Å². The normalized spacial score (nSPS) is 13.2. The highest BCUT2D eigenvalue weighted by atomic mass is 16.5. The zero-order valence-electron chi connectivity index (χ0n) is 11.2. The third-order valence-electron chi connectivity index (χ3n) is 2.92. The van der Waals surface area contributed by atoms with Crippen molar-refractivity contribution in [3.8, 4) is 5.75 Å². The first-order valence-electron chi connectivity index (χ1n) is 5.88. The predicted octanol–water partition coefficient (Wildman–Crippen LogP) is 2.07. The maximum Gasteiger partial charge on any atom is 0.329 e. The molecule has 0 fully saturated rings. The van der Waals surface area contributed by atoms with Crippen LogP contribution in [0.4, 0.5) is 10.5 Å². The van der Waals surface area contributed by atoms with Gasteiger partial charge in [0.2, 0.25) is 0 Å². The van der Waals surface area contributed by atoms with Crippen molar-refractivity contribution in [1.29, 1.82) is 0 Å². The van der Waals surface area contributed by atoms with Gasteiger partial charge < -0.3 is 20.5 Å². The van der Waals surface area contributed by atoms with Crippen LogP contribution in [0.15, 0.2) is 24.3 Å². The second-order valence-electron chi connectivity index (χ2n) is 4.30. The van der Waals surface area contributed by atoms with Gasteiger partial charge >= 0.3 is 12.0 Å². The highest BCUT2D eigenvalue weighted by Gasteiger charge is 2.32. The number of carbonyl (C=O) groups excluding carboxylic acids is 1. The molecule has 1 unspecified atom stereocenters. The average Bonchev–Trinajstić information content (AvgIpc) is 2.39. The lowest BCUT2D eigenvalue weighted by molar-refractivity contribution is -0.143. The molecule has 0 heterocycles. The second-order valence-corrected chi connectivity index (χ2v) is 4.30. The Hall–Kier alpha value is -2.24. The van der Waals surface area contributed by atoms with Gasteiger partial charge in [0.1, 0.15) is 11.3 Å². The van der Waals surface area contributed by atoms with Gasteiger partial charge in [-0.05, 0) is 37.6 Å². The lowest BCUT2D eigenvalue weighted by Crippen LogP contribution is -2.53. The number of rotatable bonds is 5. The molecule has 0 spiro atoms. The van der Waals surface area contributed by atoms with E-state index in [-0.39, 0.29) is 0 Å². The van der Waals surface area contributed by atoms with Crippen LogP contribution in [-0.2, 0) is 4.79 Å². The Balaban J connectivity index is 2.66. The summed E-state index contributed by atoms with van der Waals surface area (Å²) in [7, 11) is 1.55. The minimum atomic E-state index is -1.28. The van der Waals surface area contributed by atoms with Crippen LogP contribution in [0.25, 0.3) is 0 Å². The van der Waals surface area contributed by atoms with Gasteiger partial charge in [0, 0.05) is 5.69 Å². The molecule has 0 saturated carbocycles. The summed E-state index contributed by atoms with van der Waals surface area (Å²) in [5.74, 6) is -0.394. The molecule has 6 heteroatoms. The SMILES string of the molecule is CCC(C)(NC(=O)Nc1ccc(OC)cc1)C(=O)O. The predicted molar refractivity (Wildman–Crippen MR) is 71.5 cm³/mol. The number of anilines is 1. The van der Waals surface area contributed by atoms with Crippen LogP contribution in [0.3, 0.4) is 0 Å². The molecule has 0 aliphatic rings. The number of nitrogens with one attached hydrogen (secondary N) is 2. The summed E-state index contributed by atoms with van der Waals surface area (Å²) in [4.78, 5) is 22.8. The third-order valence-corrected chi connectivity index (χ3v) is 2.92. The number of urea groups is 1. The van der Waals surface area contributed by atoms with Crippen molar-refractivity contribution in [2.75, 3.05) is 12.4 Å². The Morgan fingerprint density at radius 3 is 2.32 bits per heavy atom. The highest BCUT2D eigenvalue weighted by Crippen LogP contribution is 2.15. The summed E-state index contributed by atoms with van der Waals surface area (Å²) in [6.45, 7) is 3.16. The zero-order valence-corrected chi connectivity index (χ0v) is 11.2. The molecule has 6 nitrogen and oxygen atoms in total. The molecule has 3 N–H and O–H groups in total. The Bertz CT molecular complexity index is 458. The monoisotopic (exact) mass is 266 g/mol. The molecule has 1 aromatic rings. The van der Waals surface area contributed by atoms with Crippen molar-refractivity contribution in [3.63, 3.8) is 0 Å². The summed E-state index contributed by atoms with van der Waals surface area (Å²) < 4.78 is 5.00. The van der Waals surface area contributed by atoms with Crippen molar-refractivity contribution in [3.05, 3.63) is 24.3 Å². The quantitative estimate of drug-likeness (QED) is 0.761. The van der Waals surface area contributed by atoms with E-state index < -0.39 is 17.5 Å². The summed E-state index contributed by atoms with van der Waals surface area (Å²) in [6, 6.07) is 6.18. The third kappa shape index (κ3) is 3.87. The van der Waals surface area contributed by atoms with E-state index in [1.165, 1.54) is 6.92 Å². The van der Waals surface area contributed by atoms with E-state index in [1.54, 1.807) is 38.3 Å². The number of carbonyl (C=O) groups is 2. The molecule has 0 bridgehead atoms. The molecule has 1 rings (SSSR count). The van der Waals surface area contributed by atoms with Crippen LogP contribution in [0.5, 0.6) is 5.75 Å². The molecule has 1 atom stereocenters. The van der Waals surface area contributed by atoms with Gasteiger partial charge in [-0.25, -0.2) is 9.59 Å². The number of benzene rings is 1. The number of hydrogen-bond acceptors (Lipinski definition) is 3. The first-order valence-corrected chi connectivity index (χ1v) is 5.88. The summed E-state index contributed by atoms with van der Waals surface area (Å²) in [5.41, 5.74) is -0.724. The number of amides is 2. The zero-order chi connectivity index (χ0) is 14.5. The first-order chi connectivity index (χ1) is 8.91. The van der Waals surface area contributed by atoms with Gasteiger partial charge in [0.05, 0.1) is 7.11 Å². The minimum absolute atomic E-state index is 0.290. The minimum Gasteiger partial charge on any atom is -0.497 e. The molecule has 0 aliphatic heterocycles. The fraction of sp³-hybridized carbons (Fsp3) is 0.385. The Kier molecular flexibility index (Phi) is 4.74. The lowest BCUT2D eigenvalue weighted by Gasteiger charge is -2.24. The van der Waals surface area contributed by atoms with E-state index >= 15 is 0 Å². The fourth-order valence-electron chi connectivity index (χ4n) is 1.38. The molecule has 0 radical (unpaired) electrons. The van der Waals surface area contributed by atoms with Crippen LogP contribution in [0.1, 0.15) is 20.3 Å². The molecule has 0 aromatic heterocycles. The fourth-order valence-corrected chi connectivity index (χ4v) is 1.38. The van der Waals surface area contributed by atoms with E-state index in [0.717, 1.165) is 0 Å². The Morgan fingerprint density at radius 1 is 1.32 bits per heavy atom. The van der Waals surface area contributed by atoms with Crippen molar-refractivity contribution in [1.82, 2.24) is 5.32 Å². The Morgan fingerprint density at radius 2 is 1.89 bits per heavy atom. The molecule has 1 aromatic carbocycles. The van der Waals surface area contributed by atoms with E-state index in [2.05, 4.69) is 10.6 Å². The van der Waals surface area contributed by atoms with Crippen LogP contribution >= 0.6 is 0 Å². The molecular weight excluding hydrogens is 248 g/mol. The molecule has 104 valence electrons. The van der Waals surface area contributed by atoms with Crippen molar-refractivity contribution < 1.29 is 19.4 Å². The lowest BCUT2D eigenvalue weighted by atomic mass is 10.00. The standard InChI is InChI=1S/C13H18N2O4/c1-4-13(2,11(16)17)15-12(18)14-9-5-7-10(19-3)8-6-9/h5-8H,4H2,1-3H3,(H,16,17)(H2,14,15,18). The van der Waals surface area contributed by atoms with Crippen LogP contribution in [0.2, 0.25) is 0 Å². The highest BCUT2D eigenvalue weighted by molar-refractivity contribution is 5.93. The first kappa shape index (κ1) is 14.8. The molecule has 19 heavy (non-hydrogen) atoms. The number of methoxy groups -OCH3 is 1. The maximum absolute atomic E-state index is 11.7. The molecule has 0 aliphatic carbocycles. The van der Waals surface area contributed by atoms with Crippen LogP contribution in [-0.4, -0.2) is 29.8 Å². The molecule has 2 amide bonds. The topological polar surface area (TPSA) is 87.7 Å². The summed E-state index contributed by atoms with van der Waals surface area (Å²) >= 11 is 0. The number of hydrogen-bond donors (Lipinski definition) is 3. The molecule has 0 saturated heterocycles. The van der Waals surface area contributed by atoms with Crippen molar-refractivity contribution in [2.24, 2.45) is 0 Å². The van der Waals surface area contributed by atoms with Gasteiger partial charge in [-0.15, -0.1) is 0 Å². The van der Waals surface area contributed by atoms with Gasteiger partial charge in [-0.3, -0.25) is 0 Å².